The Morgan fingerprint density at radius 3 is 2.61 bits per heavy atom. The molecule has 0 aliphatic carbocycles. The predicted octanol–water partition coefficient (Wildman–Crippen LogP) is 4.31. The molecular weight excluding hydrogens is 416 g/mol. The lowest BCUT2D eigenvalue weighted by atomic mass is 10.0. The van der Waals surface area contributed by atoms with E-state index in [1.807, 2.05) is 24.3 Å². The molecule has 0 aliphatic heterocycles. The fourth-order valence-corrected chi connectivity index (χ4v) is 4.04. The Labute approximate surface area is 182 Å². The highest BCUT2D eigenvalue weighted by molar-refractivity contribution is 7.99. The quantitative estimate of drug-likeness (QED) is 0.457. The molecule has 0 amide bonds. The van der Waals surface area contributed by atoms with E-state index in [1.165, 1.54) is 28.8 Å². The van der Waals surface area contributed by atoms with E-state index < -0.39 is 5.63 Å². The fraction of sp³-hybridized carbons (Fsp3) is 0.182. The maximum atomic E-state index is 12.6. The normalized spacial score (nSPS) is 11.1. The van der Waals surface area contributed by atoms with Gasteiger partial charge in [0.1, 0.15) is 28.5 Å². The van der Waals surface area contributed by atoms with Gasteiger partial charge >= 0.3 is 5.63 Å². The van der Waals surface area contributed by atoms with E-state index in [1.54, 1.807) is 24.3 Å². The van der Waals surface area contributed by atoms with Gasteiger partial charge in [0.2, 0.25) is 0 Å². The van der Waals surface area contributed by atoms with Crippen LogP contribution >= 0.6 is 11.8 Å². The third-order valence-electron chi connectivity index (χ3n) is 4.54. The van der Waals surface area contributed by atoms with Crippen molar-refractivity contribution in [2.75, 3.05) is 0 Å². The van der Waals surface area contributed by atoms with Gasteiger partial charge in [-0.15, -0.1) is 5.10 Å². The third kappa shape index (κ3) is 4.77. The molecule has 4 rings (SSSR count). The van der Waals surface area contributed by atoms with Crippen molar-refractivity contribution in [2.24, 2.45) is 0 Å². The summed E-state index contributed by atoms with van der Waals surface area (Å²) in [6, 6.07) is 16.2. The van der Waals surface area contributed by atoms with Crippen LogP contribution in [0.3, 0.4) is 0 Å². The molecule has 0 atom stereocenters. The van der Waals surface area contributed by atoms with E-state index in [4.69, 9.17) is 9.15 Å². The van der Waals surface area contributed by atoms with Crippen LogP contribution in [0.25, 0.3) is 11.3 Å². The Hall–Kier alpha value is -3.59. The first-order valence-electron chi connectivity index (χ1n) is 9.59. The van der Waals surface area contributed by atoms with E-state index in [0.29, 0.717) is 17.2 Å². The van der Waals surface area contributed by atoms with Gasteiger partial charge in [-0.25, -0.2) is 4.79 Å². The lowest BCUT2D eigenvalue weighted by Crippen LogP contribution is -2.05. The van der Waals surface area contributed by atoms with Crippen molar-refractivity contribution in [1.82, 2.24) is 20.2 Å². The van der Waals surface area contributed by atoms with Crippen LogP contribution < -0.4 is 10.4 Å². The largest absolute Gasteiger partial charge is 0.506 e. The van der Waals surface area contributed by atoms with Crippen LogP contribution in [0.2, 0.25) is 0 Å². The van der Waals surface area contributed by atoms with Crippen LogP contribution in [0.4, 0.5) is 0 Å². The molecule has 1 N–H and O–H groups in total. The average Bonchev–Trinajstić information content (AvgIpc) is 3.29. The Morgan fingerprint density at radius 2 is 1.94 bits per heavy atom. The number of aromatic hydroxyl groups is 1. The molecular formula is C22H20N4O4S. The van der Waals surface area contributed by atoms with Gasteiger partial charge in [0.15, 0.2) is 6.73 Å². The van der Waals surface area contributed by atoms with Crippen molar-refractivity contribution in [3.63, 3.8) is 0 Å². The highest BCUT2D eigenvalue weighted by atomic mass is 32.2. The zero-order chi connectivity index (χ0) is 21.8. The lowest BCUT2D eigenvalue weighted by Gasteiger charge is -2.12. The summed E-state index contributed by atoms with van der Waals surface area (Å²) in [4.78, 5) is 13.7. The highest BCUT2D eigenvalue weighted by Crippen LogP contribution is 2.37. The van der Waals surface area contributed by atoms with E-state index in [2.05, 4.69) is 29.4 Å². The first kappa shape index (κ1) is 20.7. The molecule has 2 heterocycles. The number of aromatic nitrogens is 4. The molecule has 0 saturated carbocycles. The van der Waals surface area contributed by atoms with Crippen molar-refractivity contribution < 1.29 is 14.3 Å². The molecule has 4 aromatic rings. The van der Waals surface area contributed by atoms with Crippen molar-refractivity contribution in [3.05, 3.63) is 76.9 Å². The molecule has 0 fully saturated rings. The summed E-state index contributed by atoms with van der Waals surface area (Å²) in [5, 5.41) is 21.3. The standard InChI is InChI=1S/C22H20N4O4S/c1-14(2)17-5-3-4-6-20(17)31-21-18(27)11-19(30-22(21)28)15-7-9-16(10-8-15)29-13-26-12-23-24-25-26/h3-12,14,27H,13H2,1-2H3. The molecule has 31 heavy (non-hydrogen) atoms. The van der Waals surface area contributed by atoms with Gasteiger partial charge < -0.3 is 14.3 Å². The van der Waals surface area contributed by atoms with Crippen LogP contribution in [0, 0.1) is 0 Å². The molecule has 8 nitrogen and oxygen atoms in total. The third-order valence-corrected chi connectivity index (χ3v) is 5.71. The van der Waals surface area contributed by atoms with Crippen molar-refractivity contribution >= 4 is 11.8 Å². The fourth-order valence-electron chi connectivity index (χ4n) is 2.96. The average molecular weight is 436 g/mol. The minimum atomic E-state index is -0.586. The van der Waals surface area contributed by atoms with Crippen LogP contribution in [0.5, 0.6) is 11.5 Å². The van der Waals surface area contributed by atoms with E-state index in [0.717, 1.165) is 10.5 Å². The number of benzene rings is 2. The molecule has 0 bridgehead atoms. The molecule has 0 spiro atoms. The number of rotatable bonds is 7. The number of ether oxygens (including phenoxy) is 1. The van der Waals surface area contributed by atoms with Crippen molar-refractivity contribution in [2.45, 2.75) is 36.3 Å². The molecule has 0 aliphatic rings. The zero-order valence-electron chi connectivity index (χ0n) is 16.9. The van der Waals surface area contributed by atoms with Crippen LogP contribution in [-0.4, -0.2) is 25.3 Å². The topological polar surface area (TPSA) is 103 Å². The molecule has 0 radical (unpaired) electrons. The summed E-state index contributed by atoms with van der Waals surface area (Å²) in [6.07, 6.45) is 1.45. The number of tetrazole rings is 1. The van der Waals surface area contributed by atoms with E-state index in [9.17, 15) is 9.90 Å². The molecule has 9 heteroatoms. The second kappa shape index (κ2) is 9.05. The summed E-state index contributed by atoms with van der Waals surface area (Å²) in [6.45, 7) is 4.34. The van der Waals surface area contributed by atoms with Gasteiger partial charge in [-0.05, 0) is 52.2 Å². The molecule has 2 aromatic carbocycles. The van der Waals surface area contributed by atoms with Crippen LogP contribution in [-0.2, 0) is 6.73 Å². The van der Waals surface area contributed by atoms with Gasteiger partial charge in [0.25, 0.3) is 0 Å². The number of hydrogen-bond donors (Lipinski definition) is 1. The van der Waals surface area contributed by atoms with E-state index >= 15 is 0 Å². The van der Waals surface area contributed by atoms with Gasteiger partial charge in [-0.1, -0.05) is 43.8 Å². The SMILES string of the molecule is CC(C)c1ccccc1Sc1c(O)cc(-c2ccc(OCn3cnnn3)cc2)oc1=O. The predicted molar refractivity (Wildman–Crippen MR) is 115 cm³/mol. The molecule has 158 valence electrons. The lowest BCUT2D eigenvalue weighted by molar-refractivity contribution is 0.218. The van der Waals surface area contributed by atoms with Crippen molar-refractivity contribution in [1.29, 1.82) is 0 Å². The Balaban J connectivity index is 1.54. The van der Waals surface area contributed by atoms with E-state index in [-0.39, 0.29) is 23.1 Å². The van der Waals surface area contributed by atoms with Crippen LogP contribution in [0.1, 0.15) is 25.3 Å². The summed E-state index contributed by atoms with van der Waals surface area (Å²) >= 11 is 1.21. The Morgan fingerprint density at radius 1 is 1.16 bits per heavy atom. The molecule has 2 aromatic heterocycles. The molecule has 0 unspecified atom stereocenters. The summed E-state index contributed by atoms with van der Waals surface area (Å²) < 4.78 is 12.5. The first-order valence-corrected chi connectivity index (χ1v) is 10.4. The zero-order valence-corrected chi connectivity index (χ0v) is 17.7. The summed E-state index contributed by atoms with van der Waals surface area (Å²) in [7, 11) is 0. The smallest absolute Gasteiger partial charge is 0.354 e. The maximum absolute atomic E-state index is 12.6. The van der Waals surface area contributed by atoms with Gasteiger partial charge in [-0.2, -0.15) is 4.68 Å². The van der Waals surface area contributed by atoms with Gasteiger partial charge in [0, 0.05) is 16.5 Å². The van der Waals surface area contributed by atoms with Gasteiger partial charge in [-0.3, -0.25) is 0 Å². The minimum Gasteiger partial charge on any atom is -0.506 e. The Bertz CT molecular complexity index is 1220. The number of nitrogens with zero attached hydrogens (tertiary/aromatic N) is 4. The molecule has 0 saturated heterocycles. The monoisotopic (exact) mass is 436 g/mol. The van der Waals surface area contributed by atoms with Gasteiger partial charge in [0.05, 0.1) is 0 Å². The Kier molecular flexibility index (Phi) is 6.03. The minimum absolute atomic E-state index is 0.117. The second-order valence-electron chi connectivity index (χ2n) is 7.05. The summed E-state index contributed by atoms with van der Waals surface area (Å²) in [5.74, 6) is 1.05. The van der Waals surface area contributed by atoms with Crippen molar-refractivity contribution in [3.8, 4) is 22.8 Å². The maximum Gasteiger partial charge on any atom is 0.354 e. The number of hydrogen-bond acceptors (Lipinski definition) is 8. The van der Waals surface area contributed by atoms with Crippen LogP contribution in [0.15, 0.2) is 79.9 Å². The highest BCUT2D eigenvalue weighted by Gasteiger charge is 2.16. The second-order valence-corrected chi connectivity index (χ2v) is 8.11. The summed E-state index contributed by atoms with van der Waals surface area (Å²) in [5.41, 5.74) is 1.16. The first-order chi connectivity index (χ1) is 15.0.